The number of H-pyrrole nitrogens is 1. The van der Waals surface area contributed by atoms with Crippen LogP contribution in [-0.4, -0.2) is 22.9 Å². The quantitative estimate of drug-likeness (QED) is 0.597. The van der Waals surface area contributed by atoms with Gasteiger partial charge in [0.15, 0.2) is 0 Å². The summed E-state index contributed by atoms with van der Waals surface area (Å²) < 4.78 is 1.30. The summed E-state index contributed by atoms with van der Waals surface area (Å²) in [5, 5.41) is 5.50. The fraction of sp³-hybridized carbons (Fsp3) is 0.500. The second kappa shape index (κ2) is 4.61. The van der Waals surface area contributed by atoms with Crippen LogP contribution < -0.4 is 16.4 Å². The molecule has 1 aromatic heterocycles. The van der Waals surface area contributed by atoms with E-state index in [0.717, 1.165) is 6.54 Å². The Morgan fingerprint density at radius 1 is 1.46 bits per heavy atom. The average molecular weight is 183 g/mol. The molecule has 0 aromatic carbocycles. The first-order chi connectivity index (χ1) is 6.24. The Hall–Kier alpha value is -1.36. The number of nitrogens with zero attached hydrogens (tertiary/aromatic N) is 1. The topological polar surface area (TPSA) is 66.9 Å². The maximum absolute atomic E-state index is 11.1. The van der Waals surface area contributed by atoms with E-state index >= 15 is 0 Å². The second-order valence-electron chi connectivity index (χ2n) is 2.65. The van der Waals surface area contributed by atoms with Crippen LogP contribution in [0, 0.1) is 0 Å². The third-order valence-electron chi connectivity index (χ3n) is 1.65. The van der Waals surface area contributed by atoms with Gasteiger partial charge in [-0.3, -0.25) is 14.7 Å². The molecule has 0 atom stereocenters. The van der Waals surface area contributed by atoms with Crippen LogP contribution in [0.1, 0.15) is 6.92 Å². The Labute approximate surface area is 75.4 Å². The summed E-state index contributed by atoms with van der Waals surface area (Å²) in [5.41, 5.74) is -0.436. The molecule has 5 nitrogen and oxygen atoms in total. The number of nitrogens with one attached hydrogen (secondary N) is 2. The molecule has 72 valence electrons. The summed E-state index contributed by atoms with van der Waals surface area (Å²) in [6, 6.07) is 2.50. The van der Waals surface area contributed by atoms with Crippen LogP contribution in [0.25, 0.3) is 0 Å². The minimum Gasteiger partial charge on any atom is -0.315 e. The van der Waals surface area contributed by atoms with Crippen molar-refractivity contribution in [2.45, 2.75) is 13.5 Å². The van der Waals surface area contributed by atoms with Gasteiger partial charge in [0.25, 0.3) is 11.1 Å². The van der Waals surface area contributed by atoms with E-state index in [1.807, 2.05) is 6.92 Å². The molecular weight excluding hydrogens is 170 g/mol. The molecule has 1 rings (SSSR count). The average Bonchev–Trinajstić information content (AvgIpc) is 2.11. The van der Waals surface area contributed by atoms with Crippen LogP contribution in [-0.2, 0) is 6.54 Å². The molecule has 0 fully saturated rings. The predicted molar refractivity (Wildman–Crippen MR) is 49.9 cm³/mol. The monoisotopic (exact) mass is 183 g/mol. The van der Waals surface area contributed by atoms with Crippen LogP contribution in [0.4, 0.5) is 0 Å². The first-order valence-corrected chi connectivity index (χ1v) is 4.25. The lowest BCUT2D eigenvalue weighted by atomic mass is 10.5. The van der Waals surface area contributed by atoms with Crippen molar-refractivity contribution in [1.82, 2.24) is 15.1 Å². The van der Waals surface area contributed by atoms with Crippen LogP contribution in [0.5, 0.6) is 0 Å². The van der Waals surface area contributed by atoms with Crippen molar-refractivity contribution in [2.75, 3.05) is 13.1 Å². The van der Waals surface area contributed by atoms with E-state index in [2.05, 4.69) is 10.4 Å². The highest BCUT2D eigenvalue weighted by atomic mass is 16.1. The number of aromatic nitrogens is 2. The number of hydrogen-bond donors (Lipinski definition) is 2. The lowest BCUT2D eigenvalue weighted by Crippen LogP contribution is -2.32. The van der Waals surface area contributed by atoms with E-state index < -0.39 is 0 Å². The molecule has 0 bridgehead atoms. The maximum atomic E-state index is 11.1. The lowest BCUT2D eigenvalue weighted by Gasteiger charge is -2.04. The van der Waals surface area contributed by atoms with Gasteiger partial charge >= 0.3 is 0 Å². The molecule has 0 radical (unpaired) electrons. The first-order valence-electron chi connectivity index (χ1n) is 4.25. The summed E-state index contributed by atoms with van der Waals surface area (Å²) in [5.74, 6) is 0. The highest BCUT2D eigenvalue weighted by Gasteiger charge is 1.94. The molecule has 5 heteroatoms. The van der Waals surface area contributed by atoms with Gasteiger partial charge in [0, 0.05) is 18.7 Å². The highest BCUT2D eigenvalue weighted by molar-refractivity contribution is 4.85. The van der Waals surface area contributed by atoms with Gasteiger partial charge < -0.3 is 5.32 Å². The van der Waals surface area contributed by atoms with Gasteiger partial charge in [0.1, 0.15) is 0 Å². The van der Waals surface area contributed by atoms with Crippen molar-refractivity contribution in [1.29, 1.82) is 0 Å². The zero-order valence-electron chi connectivity index (χ0n) is 7.54. The molecule has 0 spiro atoms. The molecule has 0 unspecified atom stereocenters. The zero-order chi connectivity index (χ0) is 9.68. The number of rotatable bonds is 4. The third kappa shape index (κ3) is 2.87. The number of hydrogen-bond acceptors (Lipinski definition) is 3. The van der Waals surface area contributed by atoms with Crippen LogP contribution in [0.15, 0.2) is 21.7 Å². The Morgan fingerprint density at radius 2 is 2.23 bits per heavy atom. The summed E-state index contributed by atoms with van der Waals surface area (Å²) in [6.07, 6.45) is 0. The van der Waals surface area contributed by atoms with Gasteiger partial charge in [-0.15, -0.1) is 0 Å². The molecular formula is C8H13N3O2. The molecule has 13 heavy (non-hydrogen) atoms. The van der Waals surface area contributed by atoms with Crippen LogP contribution in [0.2, 0.25) is 0 Å². The Bertz CT molecular complexity index is 366. The lowest BCUT2D eigenvalue weighted by molar-refractivity contribution is 0.534. The summed E-state index contributed by atoms with van der Waals surface area (Å²) >= 11 is 0. The van der Waals surface area contributed by atoms with Crippen molar-refractivity contribution < 1.29 is 0 Å². The van der Waals surface area contributed by atoms with Gasteiger partial charge in [-0.1, -0.05) is 6.92 Å². The van der Waals surface area contributed by atoms with E-state index in [4.69, 9.17) is 0 Å². The van der Waals surface area contributed by atoms with Gasteiger partial charge in [0.05, 0.1) is 6.54 Å². The smallest absolute Gasteiger partial charge is 0.265 e. The van der Waals surface area contributed by atoms with E-state index in [1.165, 1.54) is 16.8 Å². The van der Waals surface area contributed by atoms with Gasteiger partial charge in [-0.25, -0.2) is 4.68 Å². The van der Waals surface area contributed by atoms with Crippen molar-refractivity contribution >= 4 is 0 Å². The van der Waals surface area contributed by atoms with Gasteiger partial charge in [0.2, 0.25) is 0 Å². The van der Waals surface area contributed by atoms with E-state index in [-0.39, 0.29) is 11.1 Å². The van der Waals surface area contributed by atoms with Gasteiger partial charge in [-0.2, -0.15) is 0 Å². The van der Waals surface area contributed by atoms with Crippen molar-refractivity contribution in [3.63, 3.8) is 0 Å². The number of aromatic amines is 1. The molecule has 1 aromatic rings. The highest BCUT2D eigenvalue weighted by Crippen LogP contribution is 1.70. The summed E-state index contributed by atoms with van der Waals surface area (Å²) in [4.78, 5) is 22.0. The van der Waals surface area contributed by atoms with Crippen molar-refractivity contribution in [2.24, 2.45) is 0 Å². The molecule has 0 saturated heterocycles. The molecule has 2 N–H and O–H groups in total. The maximum Gasteiger partial charge on any atom is 0.265 e. The SMILES string of the molecule is CCNCCn1[nH]c(=O)ccc1=O. The number of likely N-dealkylation sites (N-methyl/N-ethyl adjacent to an activating group) is 1. The second-order valence-corrected chi connectivity index (χ2v) is 2.65. The minimum absolute atomic E-state index is 0.183. The molecule has 0 aliphatic heterocycles. The fourth-order valence-corrected chi connectivity index (χ4v) is 0.996. The zero-order valence-corrected chi connectivity index (χ0v) is 7.54. The van der Waals surface area contributed by atoms with Gasteiger partial charge in [-0.05, 0) is 6.54 Å². The summed E-state index contributed by atoms with van der Waals surface area (Å²) in [6.45, 7) is 4.00. The Balaban J connectivity index is 2.70. The van der Waals surface area contributed by atoms with Crippen LogP contribution in [0.3, 0.4) is 0 Å². The third-order valence-corrected chi connectivity index (χ3v) is 1.65. The molecule has 0 aliphatic rings. The van der Waals surface area contributed by atoms with Crippen molar-refractivity contribution in [3.8, 4) is 0 Å². The minimum atomic E-state index is -0.254. The Kier molecular flexibility index (Phi) is 3.45. The summed E-state index contributed by atoms with van der Waals surface area (Å²) in [7, 11) is 0. The molecule has 0 aliphatic carbocycles. The van der Waals surface area contributed by atoms with Crippen LogP contribution >= 0.6 is 0 Å². The largest absolute Gasteiger partial charge is 0.315 e. The first kappa shape index (κ1) is 9.73. The predicted octanol–water partition coefficient (Wildman–Crippen LogP) is -0.854. The fourth-order valence-electron chi connectivity index (χ4n) is 0.996. The van der Waals surface area contributed by atoms with E-state index in [0.29, 0.717) is 13.1 Å². The molecule has 0 saturated carbocycles. The van der Waals surface area contributed by atoms with E-state index in [1.54, 1.807) is 0 Å². The molecule has 0 amide bonds. The normalized spacial score (nSPS) is 10.2. The van der Waals surface area contributed by atoms with Crippen molar-refractivity contribution in [3.05, 3.63) is 32.8 Å². The standard InChI is InChI=1S/C8H13N3O2/c1-2-9-5-6-11-8(13)4-3-7(12)10-11/h3-4,9H,2,5-6H2,1H3,(H,10,12). The van der Waals surface area contributed by atoms with E-state index in [9.17, 15) is 9.59 Å². The Morgan fingerprint density at radius 3 is 2.92 bits per heavy atom. The molecule has 1 heterocycles.